The molecular weight excluding hydrogens is 302 g/mol. The molecule has 0 saturated heterocycles. The Morgan fingerprint density at radius 3 is 2.87 bits per heavy atom. The molecule has 8 heteroatoms. The van der Waals surface area contributed by atoms with Gasteiger partial charge in [0.05, 0.1) is 4.92 Å². The van der Waals surface area contributed by atoms with E-state index in [-0.39, 0.29) is 12.0 Å². The number of aromatic nitrogens is 2. The molecule has 0 aliphatic heterocycles. The first-order valence-corrected chi connectivity index (χ1v) is 7.27. The molecule has 1 aromatic carbocycles. The summed E-state index contributed by atoms with van der Waals surface area (Å²) in [7, 11) is 1.57. The van der Waals surface area contributed by atoms with E-state index in [4.69, 9.17) is 14.0 Å². The molecule has 23 heavy (non-hydrogen) atoms. The van der Waals surface area contributed by atoms with Gasteiger partial charge in [0.2, 0.25) is 11.7 Å². The van der Waals surface area contributed by atoms with Crippen molar-refractivity contribution in [3.63, 3.8) is 0 Å². The standard InChI is InChI=1S/C15H19N3O5/c1-4-22-14(21-3)8-7-13-16-15(17-23-13)11-6-5-10(2)12(9-11)18(19)20/h5-6,9,14H,4,7-8H2,1-3H3. The first-order chi connectivity index (χ1) is 11.0. The molecule has 0 aliphatic rings. The molecule has 1 atom stereocenters. The second-order valence-electron chi connectivity index (χ2n) is 4.93. The molecular formula is C15H19N3O5. The summed E-state index contributed by atoms with van der Waals surface area (Å²) in [5.41, 5.74) is 1.16. The van der Waals surface area contributed by atoms with Crippen molar-refractivity contribution in [1.82, 2.24) is 10.1 Å². The van der Waals surface area contributed by atoms with E-state index in [9.17, 15) is 10.1 Å². The van der Waals surface area contributed by atoms with Crippen molar-refractivity contribution in [2.75, 3.05) is 13.7 Å². The van der Waals surface area contributed by atoms with Gasteiger partial charge in [0, 0.05) is 43.8 Å². The first kappa shape index (κ1) is 17.0. The highest BCUT2D eigenvalue weighted by Crippen LogP contribution is 2.25. The van der Waals surface area contributed by atoms with E-state index in [1.54, 1.807) is 26.2 Å². The van der Waals surface area contributed by atoms with Crippen LogP contribution in [0.2, 0.25) is 0 Å². The van der Waals surface area contributed by atoms with E-state index in [0.717, 1.165) is 0 Å². The summed E-state index contributed by atoms with van der Waals surface area (Å²) in [4.78, 5) is 14.8. The topological polar surface area (TPSA) is 101 Å². The Labute approximate surface area is 133 Å². The Hall–Kier alpha value is -2.32. The SMILES string of the molecule is CCOC(CCc1nc(-c2ccc(C)c([N+](=O)[O-])c2)no1)OC. The molecule has 8 nitrogen and oxygen atoms in total. The zero-order chi connectivity index (χ0) is 16.8. The third-order valence-corrected chi connectivity index (χ3v) is 3.34. The fraction of sp³-hybridized carbons (Fsp3) is 0.467. The molecule has 1 aromatic heterocycles. The average molecular weight is 321 g/mol. The average Bonchev–Trinajstić information content (AvgIpc) is 3.00. The number of nitrogens with zero attached hydrogens (tertiary/aromatic N) is 3. The predicted molar refractivity (Wildman–Crippen MR) is 81.9 cm³/mol. The summed E-state index contributed by atoms with van der Waals surface area (Å²) in [5, 5.41) is 14.9. The zero-order valence-corrected chi connectivity index (χ0v) is 13.3. The lowest BCUT2D eigenvalue weighted by molar-refractivity contribution is -0.385. The third kappa shape index (κ3) is 4.33. The van der Waals surface area contributed by atoms with Crippen molar-refractivity contribution in [2.24, 2.45) is 0 Å². The van der Waals surface area contributed by atoms with Crippen LogP contribution in [0, 0.1) is 17.0 Å². The van der Waals surface area contributed by atoms with Crippen LogP contribution >= 0.6 is 0 Å². The van der Waals surface area contributed by atoms with Crippen LogP contribution in [0.5, 0.6) is 0 Å². The lowest BCUT2D eigenvalue weighted by atomic mass is 10.1. The second kappa shape index (κ2) is 7.80. The van der Waals surface area contributed by atoms with Gasteiger partial charge in [-0.15, -0.1) is 0 Å². The van der Waals surface area contributed by atoms with Gasteiger partial charge in [-0.3, -0.25) is 10.1 Å². The number of benzene rings is 1. The van der Waals surface area contributed by atoms with Crippen molar-refractivity contribution >= 4 is 5.69 Å². The Morgan fingerprint density at radius 2 is 2.22 bits per heavy atom. The van der Waals surface area contributed by atoms with Gasteiger partial charge in [0.15, 0.2) is 6.29 Å². The highest BCUT2D eigenvalue weighted by atomic mass is 16.7. The van der Waals surface area contributed by atoms with Gasteiger partial charge < -0.3 is 14.0 Å². The Balaban J connectivity index is 2.10. The maximum atomic E-state index is 11.0. The Morgan fingerprint density at radius 1 is 1.43 bits per heavy atom. The van der Waals surface area contributed by atoms with E-state index in [0.29, 0.717) is 42.3 Å². The summed E-state index contributed by atoms with van der Waals surface area (Å²) in [6, 6.07) is 4.84. The first-order valence-electron chi connectivity index (χ1n) is 7.27. The molecule has 2 rings (SSSR count). The third-order valence-electron chi connectivity index (χ3n) is 3.34. The van der Waals surface area contributed by atoms with Crippen molar-refractivity contribution in [3.8, 4) is 11.4 Å². The molecule has 0 saturated carbocycles. The van der Waals surface area contributed by atoms with Crippen LogP contribution in [-0.4, -0.2) is 35.1 Å². The van der Waals surface area contributed by atoms with Crippen molar-refractivity contribution in [3.05, 3.63) is 39.8 Å². The molecule has 0 radical (unpaired) electrons. The fourth-order valence-electron chi connectivity index (χ4n) is 2.12. The highest BCUT2D eigenvalue weighted by molar-refractivity contribution is 5.60. The predicted octanol–water partition coefficient (Wildman–Crippen LogP) is 2.89. The molecule has 0 spiro atoms. The number of nitro benzene ring substituents is 1. The molecule has 1 heterocycles. The smallest absolute Gasteiger partial charge is 0.273 e. The Kier molecular flexibility index (Phi) is 5.78. The van der Waals surface area contributed by atoms with E-state index >= 15 is 0 Å². The number of ether oxygens (including phenoxy) is 2. The van der Waals surface area contributed by atoms with E-state index in [1.165, 1.54) is 6.07 Å². The highest BCUT2D eigenvalue weighted by Gasteiger charge is 2.16. The maximum absolute atomic E-state index is 11.0. The van der Waals surface area contributed by atoms with Gasteiger partial charge >= 0.3 is 0 Å². The van der Waals surface area contributed by atoms with Crippen molar-refractivity contribution < 1.29 is 18.9 Å². The van der Waals surface area contributed by atoms with Crippen LogP contribution < -0.4 is 0 Å². The van der Waals surface area contributed by atoms with Crippen LogP contribution in [0.3, 0.4) is 0 Å². The minimum absolute atomic E-state index is 0.0321. The normalized spacial score (nSPS) is 12.3. The monoisotopic (exact) mass is 321 g/mol. The number of rotatable bonds is 8. The largest absolute Gasteiger partial charge is 0.356 e. The van der Waals surface area contributed by atoms with Crippen molar-refractivity contribution in [2.45, 2.75) is 33.0 Å². The minimum Gasteiger partial charge on any atom is -0.356 e. The van der Waals surface area contributed by atoms with Gasteiger partial charge in [-0.05, 0) is 13.8 Å². The molecule has 0 amide bonds. The minimum atomic E-state index is -0.425. The Bertz CT molecular complexity index is 671. The molecule has 1 unspecified atom stereocenters. The molecule has 0 bridgehead atoms. The van der Waals surface area contributed by atoms with Crippen LogP contribution in [0.4, 0.5) is 5.69 Å². The van der Waals surface area contributed by atoms with Crippen LogP contribution in [0.15, 0.2) is 22.7 Å². The molecule has 0 N–H and O–H groups in total. The maximum Gasteiger partial charge on any atom is 0.273 e. The molecule has 0 aliphatic carbocycles. The summed E-state index contributed by atoms with van der Waals surface area (Å²) in [5.74, 6) is 0.762. The number of methoxy groups -OCH3 is 1. The van der Waals surface area contributed by atoms with Gasteiger partial charge in [-0.2, -0.15) is 4.98 Å². The molecule has 124 valence electrons. The number of hydrogen-bond acceptors (Lipinski definition) is 7. The van der Waals surface area contributed by atoms with Gasteiger partial charge in [0.1, 0.15) is 0 Å². The number of aryl methyl sites for hydroxylation is 2. The summed E-state index contributed by atoms with van der Waals surface area (Å²) >= 11 is 0. The second-order valence-corrected chi connectivity index (χ2v) is 4.93. The fourth-order valence-corrected chi connectivity index (χ4v) is 2.12. The van der Waals surface area contributed by atoms with Crippen LogP contribution in [0.1, 0.15) is 24.8 Å². The van der Waals surface area contributed by atoms with Crippen LogP contribution in [0.25, 0.3) is 11.4 Å². The molecule has 0 fully saturated rings. The lowest BCUT2D eigenvalue weighted by Crippen LogP contribution is -2.16. The number of nitro groups is 1. The van der Waals surface area contributed by atoms with E-state index in [2.05, 4.69) is 10.1 Å². The van der Waals surface area contributed by atoms with Crippen LogP contribution in [-0.2, 0) is 15.9 Å². The summed E-state index contributed by atoms with van der Waals surface area (Å²) in [6.45, 7) is 4.13. The zero-order valence-electron chi connectivity index (χ0n) is 13.3. The summed E-state index contributed by atoms with van der Waals surface area (Å²) in [6.07, 6.45) is 0.759. The lowest BCUT2D eigenvalue weighted by Gasteiger charge is -2.13. The number of hydrogen-bond donors (Lipinski definition) is 0. The van der Waals surface area contributed by atoms with Gasteiger partial charge in [-0.25, -0.2) is 0 Å². The van der Waals surface area contributed by atoms with Crippen molar-refractivity contribution in [1.29, 1.82) is 0 Å². The molecule has 2 aromatic rings. The van der Waals surface area contributed by atoms with Gasteiger partial charge in [-0.1, -0.05) is 17.3 Å². The van der Waals surface area contributed by atoms with E-state index < -0.39 is 4.92 Å². The van der Waals surface area contributed by atoms with E-state index in [1.807, 2.05) is 6.92 Å². The quantitative estimate of drug-likeness (QED) is 0.418. The van der Waals surface area contributed by atoms with Gasteiger partial charge in [0.25, 0.3) is 5.69 Å². The summed E-state index contributed by atoms with van der Waals surface area (Å²) < 4.78 is 15.7.